The van der Waals surface area contributed by atoms with Gasteiger partial charge in [0.1, 0.15) is 0 Å². The molecule has 2 nitrogen and oxygen atoms in total. The van der Waals surface area contributed by atoms with Crippen LogP contribution < -0.4 is 5.48 Å². The fraction of sp³-hybridized carbons (Fsp3) is 1.00. The van der Waals surface area contributed by atoms with E-state index in [1.54, 1.807) is 0 Å². The first-order valence-corrected chi connectivity index (χ1v) is 5.72. The number of hydroxylamine groups is 1. The van der Waals surface area contributed by atoms with Crippen LogP contribution >= 0.6 is 0 Å². The molecule has 0 aromatic carbocycles. The quantitative estimate of drug-likeness (QED) is 0.705. The Bertz CT molecular complexity index is 171. The molecule has 1 rings (SSSR count). The Balaban J connectivity index is 2.53. The molecule has 1 fully saturated rings. The van der Waals surface area contributed by atoms with E-state index < -0.39 is 0 Å². The van der Waals surface area contributed by atoms with Crippen molar-refractivity contribution in [3.8, 4) is 0 Å². The third-order valence-electron chi connectivity index (χ3n) is 2.95. The first-order chi connectivity index (χ1) is 6.35. The Hall–Kier alpha value is -0.0800. The SMILES string of the molecule is CCONC1CC(C)(C)CC(C)(C)C1. The van der Waals surface area contributed by atoms with Crippen LogP contribution in [0.2, 0.25) is 0 Å². The second-order valence-corrected chi connectivity index (χ2v) is 6.16. The van der Waals surface area contributed by atoms with Crippen LogP contribution in [0.5, 0.6) is 0 Å². The van der Waals surface area contributed by atoms with E-state index in [-0.39, 0.29) is 0 Å². The van der Waals surface area contributed by atoms with Crippen LogP contribution in [0.25, 0.3) is 0 Å². The molecule has 1 aliphatic carbocycles. The van der Waals surface area contributed by atoms with Gasteiger partial charge in [-0.25, -0.2) is 0 Å². The second-order valence-electron chi connectivity index (χ2n) is 6.16. The van der Waals surface area contributed by atoms with E-state index in [9.17, 15) is 0 Å². The molecule has 84 valence electrons. The molecule has 0 amide bonds. The lowest BCUT2D eigenvalue weighted by molar-refractivity contribution is -0.0260. The monoisotopic (exact) mass is 199 g/mol. The number of hydrogen-bond acceptors (Lipinski definition) is 2. The summed E-state index contributed by atoms with van der Waals surface area (Å²) in [5.41, 5.74) is 4.06. The summed E-state index contributed by atoms with van der Waals surface area (Å²) in [5.74, 6) is 0. The zero-order valence-corrected chi connectivity index (χ0v) is 10.3. The summed E-state index contributed by atoms with van der Waals surface area (Å²) in [6, 6.07) is 0.522. The van der Waals surface area contributed by atoms with Crippen LogP contribution in [-0.4, -0.2) is 12.6 Å². The van der Waals surface area contributed by atoms with Gasteiger partial charge in [-0.2, -0.15) is 5.48 Å². The van der Waals surface area contributed by atoms with Crippen molar-refractivity contribution in [2.75, 3.05) is 6.61 Å². The third kappa shape index (κ3) is 3.58. The van der Waals surface area contributed by atoms with E-state index in [4.69, 9.17) is 4.84 Å². The summed E-state index contributed by atoms with van der Waals surface area (Å²) >= 11 is 0. The fourth-order valence-electron chi connectivity index (χ4n) is 3.13. The lowest BCUT2D eigenvalue weighted by Gasteiger charge is -2.44. The summed E-state index contributed by atoms with van der Waals surface area (Å²) in [5, 5.41) is 0. The van der Waals surface area contributed by atoms with Gasteiger partial charge in [0.05, 0.1) is 6.61 Å². The molecule has 0 atom stereocenters. The van der Waals surface area contributed by atoms with Crippen molar-refractivity contribution in [3.05, 3.63) is 0 Å². The maximum atomic E-state index is 5.31. The molecule has 0 radical (unpaired) electrons. The minimum atomic E-state index is 0.441. The molecule has 0 heterocycles. The zero-order chi connectivity index (χ0) is 10.8. The number of hydrogen-bond donors (Lipinski definition) is 1. The molecule has 0 unspecified atom stereocenters. The Morgan fingerprint density at radius 1 is 1.14 bits per heavy atom. The second kappa shape index (κ2) is 4.19. The molecular formula is C12H25NO. The highest BCUT2D eigenvalue weighted by Gasteiger charge is 2.38. The van der Waals surface area contributed by atoms with Gasteiger partial charge in [-0.05, 0) is 37.0 Å². The average molecular weight is 199 g/mol. The largest absolute Gasteiger partial charge is 0.302 e. The van der Waals surface area contributed by atoms with Crippen molar-refractivity contribution in [1.82, 2.24) is 5.48 Å². The van der Waals surface area contributed by atoms with Crippen LogP contribution in [0.3, 0.4) is 0 Å². The van der Waals surface area contributed by atoms with Gasteiger partial charge in [0.15, 0.2) is 0 Å². The molecule has 0 bridgehead atoms. The van der Waals surface area contributed by atoms with Gasteiger partial charge < -0.3 is 4.84 Å². The molecule has 2 heteroatoms. The van der Waals surface area contributed by atoms with E-state index >= 15 is 0 Å². The summed E-state index contributed by atoms with van der Waals surface area (Å²) < 4.78 is 0. The van der Waals surface area contributed by atoms with Crippen molar-refractivity contribution in [2.24, 2.45) is 10.8 Å². The lowest BCUT2D eigenvalue weighted by Crippen LogP contribution is -2.43. The van der Waals surface area contributed by atoms with Crippen molar-refractivity contribution in [2.45, 2.75) is 59.9 Å². The van der Waals surface area contributed by atoms with Crippen LogP contribution in [-0.2, 0) is 4.84 Å². The van der Waals surface area contributed by atoms with Crippen LogP contribution in [0, 0.1) is 10.8 Å². The highest BCUT2D eigenvalue weighted by Crippen LogP contribution is 2.45. The topological polar surface area (TPSA) is 21.3 Å². The molecule has 14 heavy (non-hydrogen) atoms. The lowest BCUT2D eigenvalue weighted by atomic mass is 9.64. The number of nitrogens with one attached hydrogen (secondary N) is 1. The van der Waals surface area contributed by atoms with Crippen molar-refractivity contribution in [3.63, 3.8) is 0 Å². The van der Waals surface area contributed by atoms with E-state index in [2.05, 4.69) is 33.2 Å². The third-order valence-corrected chi connectivity index (χ3v) is 2.95. The standard InChI is InChI=1S/C12H25NO/c1-6-14-13-10-7-11(2,3)9-12(4,5)8-10/h10,13H,6-9H2,1-5H3. The highest BCUT2D eigenvalue weighted by molar-refractivity contribution is 4.91. The predicted molar refractivity (Wildman–Crippen MR) is 60.0 cm³/mol. The molecule has 1 saturated carbocycles. The van der Waals surface area contributed by atoms with Crippen LogP contribution in [0.4, 0.5) is 0 Å². The minimum absolute atomic E-state index is 0.441. The molecule has 1 aliphatic rings. The molecule has 0 spiro atoms. The minimum Gasteiger partial charge on any atom is -0.302 e. The molecule has 1 N–H and O–H groups in total. The Morgan fingerprint density at radius 2 is 1.64 bits per heavy atom. The Kier molecular flexibility index (Phi) is 3.59. The smallest absolute Gasteiger partial charge is 0.0654 e. The van der Waals surface area contributed by atoms with Gasteiger partial charge in [0.25, 0.3) is 0 Å². The van der Waals surface area contributed by atoms with Crippen LogP contribution in [0.15, 0.2) is 0 Å². The van der Waals surface area contributed by atoms with Crippen LogP contribution in [0.1, 0.15) is 53.9 Å². The molecule has 0 aromatic heterocycles. The van der Waals surface area contributed by atoms with E-state index in [1.807, 2.05) is 6.92 Å². The zero-order valence-electron chi connectivity index (χ0n) is 10.3. The van der Waals surface area contributed by atoms with Crippen molar-refractivity contribution < 1.29 is 4.84 Å². The summed E-state index contributed by atoms with van der Waals surface area (Å²) in [6.07, 6.45) is 3.75. The van der Waals surface area contributed by atoms with Gasteiger partial charge in [-0.15, -0.1) is 0 Å². The van der Waals surface area contributed by atoms with E-state index in [0.717, 1.165) is 6.61 Å². The number of rotatable bonds is 3. The molecule has 0 saturated heterocycles. The molecule has 0 aliphatic heterocycles. The summed E-state index contributed by atoms with van der Waals surface area (Å²) in [7, 11) is 0. The van der Waals surface area contributed by atoms with Gasteiger partial charge in [0.2, 0.25) is 0 Å². The Labute approximate surface area is 88.4 Å². The van der Waals surface area contributed by atoms with Gasteiger partial charge in [-0.3, -0.25) is 0 Å². The Morgan fingerprint density at radius 3 is 2.07 bits per heavy atom. The first-order valence-electron chi connectivity index (χ1n) is 5.72. The average Bonchev–Trinajstić information content (AvgIpc) is 1.94. The van der Waals surface area contributed by atoms with Crippen molar-refractivity contribution in [1.29, 1.82) is 0 Å². The molecule has 0 aromatic rings. The van der Waals surface area contributed by atoms with E-state index in [1.165, 1.54) is 19.3 Å². The maximum absolute atomic E-state index is 5.31. The highest BCUT2D eigenvalue weighted by atomic mass is 16.6. The van der Waals surface area contributed by atoms with E-state index in [0.29, 0.717) is 16.9 Å². The summed E-state index contributed by atoms with van der Waals surface area (Å²) in [4.78, 5) is 5.31. The molecular weight excluding hydrogens is 174 g/mol. The predicted octanol–water partition coefficient (Wildman–Crippen LogP) is 3.13. The maximum Gasteiger partial charge on any atom is 0.0654 e. The fourth-order valence-corrected chi connectivity index (χ4v) is 3.13. The van der Waals surface area contributed by atoms with Crippen molar-refractivity contribution >= 4 is 0 Å². The van der Waals surface area contributed by atoms with Gasteiger partial charge in [-0.1, -0.05) is 27.7 Å². The first kappa shape index (κ1) is 12.0. The normalized spacial score (nSPS) is 26.4. The van der Waals surface area contributed by atoms with Gasteiger partial charge in [0, 0.05) is 6.04 Å². The van der Waals surface area contributed by atoms with Gasteiger partial charge >= 0.3 is 0 Å². The summed E-state index contributed by atoms with van der Waals surface area (Å²) in [6.45, 7) is 12.2.